The highest BCUT2D eigenvalue weighted by molar-refractivity contribution is 5.65. The minimum absolute atomic E-state index is 0.0443. The van der Waals surface area contributed by atoms with Gasteiger partial charge in [-0.25, -0.2) is 0 Å². The maximum atomic E-state index is 13.2. The second kappa shape index (κ2) is 9.62. The number of alkyl halides is 3. The lowest BCUT2D eigenvalue weighted by Crippen LogP contribution is -2.49. The van der Waals surface area contributed by atoms with Crippen LogP contribution in [0, 0.1) is 0 Å². The van der Waals surface area contributed by atoms with Crippen LogP contribution in [0.1, 0.15) is 5.56 Å². The van der Waals surface area contributed by atoms with Gasteiger partial charge in [-0.3, -0.25) is 9.80 Å². The van der Waals surface area contributed by atoms with E-state index < -0.39 is 17.8 Å². The molecule has 1 atom stereocenters. The van der Waals surface area contributed by atoms with Crippen molar-refractivity contribution in [1.29, 1.82) is 0 Å². The first-order chi connectivity index (χ1) is 13.8. The molecule has 6 nitrogen and oxygen atoms in total. The number of piperazine rings is 1. The van der Waals surface area contributed by atoms with Crippen LogP contribution in [-0.4, -0.2) is 78.6 Å². The first-order valence-corrected chi connectivity index (χ1v) is 9.46. The highest BCUT2D eigenvalue weighted by Gasteiger charge is 2.31. The molecule has 2 aromatic rings. The van der Waals surface area contributed by atoms with Crippen molar-refractivity contribution in [2.24, 2.45) is 0 Å². The molecule has 1 unspecified atom stereocenters. The van der Waals surface area contributed by atoms with Gasteiger partial charge in [0.25, 0.3) is 0 Å². The molecule has 0 radical (unpaired) electrons. The number of ether oxygens (including phenoxy) is 1. The summed E-state index contributed by atoms with van der Waals surface area (Å²) >= 11 is 0. The number of rotatable bonds is 8. The third-order valence-corrected chi connectivity index (χ3v) is 4.88. The summed E-state index contributed by atoms with van der Waals surface area (Å²) in [5.74, 6) is 0.0443. The van der Waals surface area contributed by atoms with Gasteiger partial charge in [0.1, 0.15) is 18.5 Å². The quantitative estimate of drug-likeness (QED) is 0.691. The molecule has 0 saturated carbocycles. The van der Waals surface area contributed by atoms with Gasteiger partial charge in [0.05, 0.1) is 24.7 Å². The van der Waals surface area contributed by atoms with Crippen LogP contribution in [0.4, 0.5) is 13.2 Å². The zero-order chi connectivity index (χ0) is 20.9. The Morgan fingerprint density at radius 3 is 2.41 bits per heavy atom. The van der Waals surface area contributed by atoms with E-state index in [1.807, 2.05) is 0 Å². The highest BCUT2D eigenvalue weighted by atomic mass is 19.4. The zero-order valence-electron chi connectivity index (χ0n) is 15.9. The molecule has 0 amide bonds. The van der Waals surface area contributed by atoms with Crippen molar-refractivity contribution in [2.75, 3.05) is 52.5 Å². The van der Waals surface area contributed by atoms with Gasteiger partial charge < -0.3 is 19.4 Å². The smallest absolute Gasteiger partial charge is 0.416 e. The number of hydrogen-bond acceptors (Lipinski definition) is 6. The molecule has 1 aromatic carbocycles. The first kappa shape index (κ1) is 21.6. The average Bonchev–Trinajstić information content (AvgIpc) is 3.22. The summed E-state index contributed by atoms with van der Waals surface area (Å²) in [5.41, 5.74) is 0.0287. The molecule has 1 aromatic heterocycles. The fraction of sp³-hybridized carbons (Fsp3) is 0.500. The predicted molar refractivity (Wildman–Crippen MR) is 101 cm³/mol. The summed E-state index contributed by atoms with van der Waals surface area (Å²) in [6.45, 7) is 4.13. The molecule has 3 rings (SSSR count). The Hall–Kier alpha value is -2.07. The summed E-state index contributed by atoms with van der Waals surface area (Å²) in [5, 5.41) is 19.2. The average molecular weight is 414 g/mol. The molecule has 0 spiro atoms. The minimum atomic E-state index is -4.51. The fourth-order valence-electron chi connectivity index (χ4n) is 3.32. The Morgan fingerprint density at radius 1 is 1.07 bits per heavy atom. The molecule has 2 heterocycles. The molecule has 1 aliphatic rings. The normalized spacial score (nSPS) is 17.4. The maximum absolute atomic E-state index is 13.2. The van der Waals surface area contributed by atoms with Gasteiger partial charge in [0.15, 0.2) is 0 Å². The molecule has 0 aliphatic carbocycles. The number of furan rings is 1. The molecule has 29 heavy (non-hydrogen) atoms. The van der Waals surface area contributed by atoms with Gasteiger partial charge in [0, 0.05) is 44.8 Å². The summed E-state index contributed by atoms with van der Waals surface area (Å²) in [7, 11) is 0. The summed E-state index contributed by atoms with van der Waals surface area (Å²) in [6, 6.07) is 5.05. The third-order valence-electron chi connectivity index (χ3n) is 4.88. The highest BCUT2D eigenvalue weighted by Crippen LogP contribution is 2.35. The van der Waals surface area contributed by atoms with E-state index in [1.54, 1.807) is 6.07 Å². The molecule has 1 fully saturated rings. The second-order valence-electron chi connectivity index (χ2n) is 7.09. The van der Waals surface area contributed by atoms with Crippen LogP contribution in [0.2, 0.25) is 0 Å². The van der Waals surface area contributed by atoms with E-state index in [2.05, 4.69) is 9.80 Å². The van der Waals surface area contributed by atoms with Crippen molar-refractivity contribution in [3.8, 4) is 16.9 Å². The Labute approximate surface area is 167 Å². The molecule has 160 valence electrons. The van der Waals surface area contributed by atoms with E-state index in [9.17, 15) is 18.3 Å². The number of β-amino-alcohol motifs (C(OH)–C–C–N with tert-alkyl or cyclic N) is 2. The van der Waals surface area contributed by atoms with E-state index >= 15 is 0 Å². The van der Waals surface area contributed by atoms with Gasteiger partial charge in [0.2, 0.25) is 0 Å². The lowest BCUT2D eigenvalue weighted by Gasteiger charge is -2.35. The lowest BCUT2D eigenvalue weighted by atomic mass is 10.0. The number of halogens is 3. The molecule has 2 N–H and O–H groups in total. The number of benzene rings is 1. The standard InChI is InChI=1S/C20H25F3N2O4/c21-20(22,23)17-9-16(15-1-8-28-13-15)10-19(11-17)29-14-18(27)12-25-4-2-24(3-5-25)6-7-26/h1,8-11,13,18,26-27H,2-7,12,14H2. The van der Waals surface area contributed by atoms with Crippen LogP contribution in [0.15, 0.2) is 41.2 Å². The van der Waals surface area contributed by atoms with E-state index in [-0.39, 0.29) is 19.0 Å². The fourth-order valence-corrected chi connectivity index (χ4v) is 3.32. The third kappa shape index (κ3) is 6.20. The summed E-state index contributed by atoms with van der Waals surface area (Å²) < 4.78 is 50.1. The molecule has 1 saturated heterocycles. The van der Waals surface area contributed by atoms with E-state index in [1.165, 1.54) is 18.6 Å². The topological polar surface area (TPSA) is 69.3 Å². The van der Waals surface area contributed by atoms with Gasteiger partial charge >= 0.3 is 6.18 Å². The number of aliphatic hydroxyl groups excluding tert-OH is 2. The van der Waals surface area contributed by atoms with Crippen LogP contribution < -0.4 is 4.74 Å². The summed E-state index contributed by atoms with van der Waals surface area (Å²) in [6.07, 6.45) is -2.58. The van der Waals surface area contributed by atoms with Gasteiger partial charge in [-0.2, -0.15) is 13.2 Å². The van der Waals surface area contributed by atoms with Crippen molar-refractivity contribution in [2.45, 2.75) is 12.3 Å². The lowest BCUT2D eigenvalue weighted by molar-refractivity contribution is -0.137. The van der Waals surface area contributed by atoms with E-state index in [0.717, 1.165) is 38.3 Å². The zero-order valence-corrected chi connectivity index (χ0v) is 15.9. The van der Waals surface area contributed by atoms with E-state index in [0.29, 0.717) is 24.2 Å². The predicted octanol–water partition coefficient (Wildman–Crippen LogP) is 2.31. The maximum Gasteiger partial charge on any atom is 0.416 e. The Kier molecular flexibility index (Phi) is 7.18. The van der Waals surface area contributed by atoms with Crippen molar-refractivity contribution < 1.29 is 32.5 Å². The Morgan fingerprint density at radius 2 is 1.79 bits per heavy atom. The van der Waals surface area contributed by atoms with Crippen molar-refractivity contribution in [3.05, 3.63) is 42.4 Å². The van der Waals surface area contributed by atoms with Crippen LogP contribution in [0.25, 0.3) is 11.1 Å². The second-order valence-corrected chi connectivity index (χ2v) is 7.09. The Balaban J connectivity index is 1.59. The van der Waals surface area contributed by atoms with Gasteiger partial charge in [-0.05, 0) is 29.8 Å². The van der Waals surface area contributed by atoms with Crippen LogP contribution >= 0.6 is 0 Å². The molecular formula is C20H25F3N2O4. The van der Waals surface area contributed by atoms with Crippen LogP contribution in [-0.2, 0) is 6.18 Å². The summed E-state index contributed by atoms with van der Waals surface area (Å²) in [4.78, 5) is 4.21. The number of hydrogen-bond donors (Lipinski definition) is 2. The number of aliphatic hydroxyl groups is 2. The molecular weight excluding hydrogens is 389 g/mol. The SMILES string of the molecule is OCCN1CCN(CC(O)COc2cc(-c3ccoc3)cc(C(F)(F)F)c2)CC1. The monoisotopic (exact) mass is 414 g/mol. The minimum Gasteiger partial charge on any atom is -0.491 e. The van der Waals surface area contributed by atoms with Crippen molar-refractivity contribution in [1.82, 2.24) is 9.80 Å². The van der Waals surface area contributed by atoms with Crippen LogP contribution in [0.5, 0.6) is 5.75 Å². The first-order valence-electron chi connectivity index (χ1n) is 9.46. The molecule has 1 aliphatic heterocycles. The van der Waals surface area contributed by atoms with Crippen LogP contribution in [0.3, 0.4) is 0 Å². The number of nitrogens with zero attached hydrogens (tertiary/aromatic N) is 2. The van der Waals surface area contributed by atoms with Gasteiger partial charge in [-0.1, -0.05) is 0 Å². The van der Waals surface area contributed by atoms with Crippen molar-refractivity contribution >= 4 is 0 Å². The molecule has 0 bridgehead atoms. The van der Waals surface area contributed by atoms with E-state index in [4.69, 9.17) is 14.3 Å². The van der Waals surface area contributed by atoms with Gasteiger partial charge in [-0.15, -0.1) is 0 Å². The largest absolute Gasteiger partial charge is 0.491 e. The molecule has 9 heteroatoms. The van der Waals surface area contributed by atoms with Crippen molar-refractivity contribution in [3.63, 3.8) is 0 Å². The Bertz CT molecular complexity index is 760.